The monoisotopic (exact) mass is 581 g/mol. The van der Waals surface area contributed by atoms with Crippen molar-refractivity contribution in [2.45, 2.75) is 27.4 Å². The average molecular weight is 581 g/mol. The Morgan fingerprint density at radius 1 is 1.12 bits per heavy atom. The number of imide groups is 1. The number of aryl methyl sites for hydroxylation is 1. The Morgan fingerprint density at radius 2 is 1.91 bits per heavy atom. The molecule has 174 valence electrons. The number of amides is 2. The topological polar surface area (TPSA) is 82.1 Å². The molecule has 1 saturated heterocycles. The largest absolute Gasteiger partial charge is 0.490 e. The number of hydrogen-bond donors (Lipinski definition) is 0. The van der Waals surface area contributed by atoms with E-state index >= 15 is 0 Å². The van der Waals surface area contributed by atoms with Crippen molar-refractivity contribution < 1.29 is 28.6 Å². The maximum atomic E-state index is 12.7. The normalized spacial score (nSPS) is 14.7. The van der Waals surface area contributed by atoms with Crippen molar-refractivity contribution in [2.75, 3.05) is 19.8 Å². The summed E-state index contributed by atoms with van der Waals surface area (Å²) in [5.41, 5.74) is 2.89. The summed E-state index contributed by atoms with van der Waals surface area (Å²) in [5, 5.41) is -0.503. The lowest BCUT2D eigenvalue weighted by Crippen LogP contribution is -2.34. The molecule has 2 amide bonds. The maximum Gasteiger partial charge on any atom is 0.326 e. The summed E-state index contributed by atoms with van der Waals surface area (Å²) in [6, 6.07) is 11.7. The summed E-state index contributed by atoms with van der Waals surface area (Å²) in [6.07, 6.45) is 1.62. The highest BCUT2D eigenvalue weighted by atomic mass is 127. The molecule has 1 fully saturated rings. The van der Waals surface area contributed by atoms with Crippen LogP contribution in [0.3, 0.4) is 0 Å². The van der Waals surface area contributed by atoms with Gasteiger partial charge in [-0.2, -0.15) is 0 Å². The second kappa shape index (κ2) is 11.6. The molecular formula is C24H24INO6S. The predicted octanol–water partition coefficient (Wildman–Crippen LogP) is 5.18. The van der Waals surface area contributed by atoms with Crippen LogP contribution in [0.15, 0.2) is 41.3 Å². The molecule has 1 aliphatic heterocycles. The van der Waals surface area contributed by atoms with E-state index in [0.29, 0.717) is 30.3 Å². The number of nitrogens with zero attached hydrogens (tertiary/aromatic N) is 1. The van der Waals surface area contributed by atoms with Gasteiger partial charge in [-0.1, -0.05) is 29.8 Å². The quantitative estimate of drug-likeness (QED) is 0.230. The molecule has 0 aromatic heterocycles. The minimum Gasteiger partial charge on any atom is -0.490 e. The summed E-state index contributed by atoms with van der Waals surface area (Å²) < 4.78 is 17.5. The average Bonchev–Trinajstić information content (AvgIpc) is 3.01. The highest BCUT2D eigenvalue weighted by molar-refractivity contribution is 14.1. The van der Waals surface area contributed by atoms with Gasteiger partial charge in [0.05, 0.1) is 21.7 Å². The van der Waals surface area contributed by atoms with Crippen molar-refractivity contribution in [3.63, 3.8) is 0 Å². The number of halogens is 1. The molecule has 9 heteroatoms. The second-order valence-electron chi connectivity index (χ2n) is 7.11. The van der Waals surface area contributed by atoms with Gasteiger partial charge < -0.3 is 14.2 Å². The van der Waals surface area contributed by atoms with Crippen LogP contribution < -0.4 is 9.47 Å². The third-order valence-corrected chi connectivity index (χ3v) is 6.27. The third-order valence-electron chi connectivity index (χ3n) is 4.56. The molecule has 7 nitrogen and oxygen atoms in total. The Morgan fingerprint density at radius 3 is 2.61 bits per heavy atom. The molecule has 3 rings (SSSR count). The molecule has 2 aromatic carbocycles. The minimum absolute atomic E-state index is 0.182. The lowest BCUT2D eigenvalue weighted by Gasteiger charge is -2.15. The summed E-state index contributed by atoms with van der Waals surface area (Å²) in [7, 11) is 0. The van der Waals surface area contributed by atoms with Crippen molar-refractivity contribution in [3.8, 4) is 11.5 Å². The van der Waals surface area contributed by atoms with Crippen molar-refractivity contribution >= 4 is 57.5 Å². The van der Waals surface area contributed by atoms with Gasteiger partial charge in [0.1, 0.15) is 13.2 Å². The van der Waals surface area contributed by atoms with E-state index in [1.165, 1.54) is 0 Å². The number of rotatable bonds is 9. The van der Waals surface area contributed by atoms with Gasteiger partial charge in [0, 0.05) is 0 Å². The fourth-order valence-corrected chi connectivity index (χ4v) is 4.77. The highest BCUT2D eigenvalue weighted by Gasteiger charge is 2.36. The van der Waals surface area contributed by atoms with Crippen molar-refractivity contribution in [1.29, 1.82) is 0 Å². The van der Waals surface area contributed by atoms with Gasteiger partial charge in [-0.25, -0.2) is 0 Å². The van der Waals surface area contributed by atoms with E-state index in [9.17, 15) is 14.4 Å². The Bertz CT molecular complexity index is 1100. The van der Waals surface area contributed by atoms with E-state index < -0.39 is 23.7 Å². The Hall–Kier alpha value is -2.53. The zero-order valence-corrected chi connectivity index (χ0v) is 21.5. The Labute approximate surface area is 210 Å². The minimum atomic E-state index is -0.621. The molecule has 0 spiro atoms. The van der Waals surface area contributed by atoms with E-state index in [1.807, 2.05) is 38.1 Å². The molecule has 33 heavy (non-hydrogen) atoms. The van der Waals surface area contributed by atoms with Crippen molar-refractivity contribution in [2.24, 2.45) is 0 Å². The van der Waals surface area contributed by atoms with Crippen LogP contribution in [0.25, 0.3) is 6.08 Å². The lowest BCUT2D eigenvalue weighted by atomic mass is 10.1. The third kappa shape index (κ3) is 6.50. The van der Waals surface area contributed by atoms with Crippen LogP contribution in [0.5, 0.6) is 11.5 Å². The highest BCUT2D eigenvalue weighted by Crippen LogP contribution is 2.38. The van der Waals surface area contributed by atoms with E-state index in [4.69, 9.17) is 14.2 Å². The molecular weight excluding hydrogens is 557 g/mol. The van der Waals surface area contributed by atoms with E-state index in [2.05, 4.69) is 28.7 Å². The van der Waals surface area contributed by atoms with Crippen LogP contribution in [0.2, 0.25) is 0 Å². The molecule has 0 radical (unpaired) electrons. The summed E-state index contributed by atoms with van der Waals surface area (Å²) in [4.78, 5) is 37.7. The smallest absolute Gasteiger partial charge is 0.326 e. The standard InChI is InChI=1S/C24H24INO6S/c1-4-30-19-11-17(10-18(25)22(19)32-14-16-8-6-7-15(3)9-16)12-20-23(28)26(24(29)33-20)13-21(27)31-5-2/h6-12H,4-5,13-14H2,1-3H3/b20-12+. The molecule has 0 bridgehead atoms. The summed E-state index contributed by atoms with van der Waals surface area (Å²) in [5.74, 6) is 0.0238. The SMILES string of the molecule is CCOC(=O)CN1C(=O)S/C(=C/c2cc(I)c(OCc3cccc(C)c3)c(OCC)c2)C1=O. The van der Waals surface area contributed by atoms with Gasteiger partial charge in [-0.3, -0.25) is 19.3 Å². The summed E-state index contributed by atoms with van der Waals surface area (Å²) >= 11 is 2.95. The number of carbonyl (C=O) groups is 3. The first-order valence-electron chi connectivity index (χ1n) is 10.4. The van der Waals surface area contributed by atoms with Crippen molar-refractivity contribution in [1.82, 2.24) is 4.90 Å². The zero-order valence-electron chi connectivity index (χ0n) is 18.6. The number of hydrogen-bond acceptors (Lipinski definition) is 7. The van der Waals surface area contributed by atoms with Crippen LogP contribution in [-0.4, -0.2) is 41.8 Å². The number of esters is 1. The molecule has 0 atom stereocenters. The molecule has 1 heterocycles. The molecule has 0 saturated carbocycles. The number of benzene rings is 2. The molecule has 0 aliphatic carbocycles. The first kappa shape index (κ1) is 25.1. The first-order chi connectivity index (χ1) is 15.8. The Balaban J connectivity index is 1.82. The fourth-order valence-electron chi connectivity index (χ4n) is 3.16. The molecule has 1 aliphatic rings. The number of thioether (sulfide) groups is 1. The lowest BCUT2D eigenvalue weighted by molar-refractivity contribution is -0.145. The van der Waals surface area contributed by atoms with Gasteiger partial charge in [0.2, 0.25) is 0 Å². The zero-order chi connectivity index (χ0) is 24.0. The van der Waals surface area contributed by atoms with E-state index in [-0.39, 0.29) is 11.5 Å². The van der Waals surface area contributed by atoms with Crippen LogP contribution >= 0.6 is 34.4 Å². The molecule has 0 unspecified atom stereocenters. The van der Waals surface area contributed by atoms with Gasteiger partial charge in [-0.05, 0) is 84.5 Å². The van der Waals surface area contributed by atoms with Crippen molar-refractivity contribution in [3.05, 3.63) is 61.6 Å². The van der Waals surface area contributed by atoms with E-state index in [0.717, 1.165) is 31.4 Å². The predicted molar refractivity (Wildman–Crippen MR) is 135 cm³/mol. The summed E-state index contributed by atoms with van der Waals surface area (Å²) in [6.45, 7) is 6.19. The van der Waals surface area contributed by atoms with Gasteiger partial charge in [-0.15, -0.1) is 0 Å². The van der Waals surface area contributed by atoms with Crippen LogP contribution in [-0.2, 0) is 20.9 Å². The van der Waals surface area contributed by atoms with Gasteiger partial charge in [0.25, 0.3) is 11.1 Å². The van der Waals surface area contributed by atoms with Crippen LogP contribution in [0.4, 0.5) is 4.79 Å². The number of carbonyl (C=O) groups excluding carboxylic acids is 3. The first-order valence-corrected chi connectivity index (χ1v) is 12.3. The van der Waals surface area contributed by atoms with Crippen LogP contribution in [0, 0.1) is 10.5 Å². The fraction of sp³-hybridized carbons (Fsp3) is 0.292. The van der Waals surface area contributed by atoms with E-state index in [1.54, 1.807) is 19.1 Å². The maximum absolute atomic E-state index is 12.7. The Kier molecular flexibility index (Phi) is 8.79. The second-order valence-corrected chi connectivity index (χ2v) is 9.27. The molecule has 2 aromatic rings. The molecule has 0 N–H and O–H groups in total. The van der Waals surface area contributed by atoms with Gasteiger partial charge >= 0.3 is 5.97 Å². The van der Waals surface area contributed by atoms with Gasteiger partial charge in [0.15, 0.2) is 11.5 Å². The van der Waals surface area contributed by atoms with Crippen LogP contribution in [0.1, 0.15) is 30.5 Å². The number of ether oxygens (including phenoxy) is 3.